The topological polar surface area (TPSA) is 78.5 Å². The Morgan fingerprint density at radius 3 is 2.22 bits per heavy atom. The molecule has 0 atom stereocenters. The van der Waals surface area contributed by atoms with Crippen LogP contribution in [0, 0.1) is 20.8 Å². The molecule has 0 aromatic heterocycles. The average molecular weight is 341 g/mol. The number of hydrogen-bond donors (Lipinski definition) is 2. The van der Waals surface area contributed by atoms with Crippen LogP contribution in [0.4, 0.5) is 0 Å². The summed E-state index contributed by atoms with van der Waals surface area (Å²) in [5.74, 6) is -0.0831. The van der Waals surface area contributed by atoms with Gasteiger partial charge in [0.15, 0.2) is 0 Å². The van der Waals surface area contributed by atoms with Crippen molar-refractivity contribution in [3.05, 3.63) is 28.8 Å². The lowest BCUT2D eigenvalue weighted by molar-refractivity contribution is -0.129. The minimum absolute atomic E-state index is 0.0831. The maximum atomic E-state index is 12.5. The maximum Gasteiger partial charge on any atom is 0.241 e. The molecule has 0 fully saturated rings. The number of amides is 1. The van der Waals surface area contributed by atoms with E-state index in [4.69, 9.17) is 0 Å². The number of carbonyl (C=O) groups excluding carboxylic acids is 1. The molecule has 7 heteroatoms. The Hall–Kier alpha value is -1.44. The van der Waals surface area contributed by atoms with Crippen LogP contribution in [-0.2, 0) is 14.8 Å². The zero-order valence-electron chi connectivity index (χ0n) is 14.6. The van der Waals surface area contributed by atoms with Crippen molar-refractivity contribution in [1.29, 1.82) is 0 Å². The van der Waals surface area contributed by atoms with Crippen molar-refractivity contribution >= 4 is 15.9 Å². The molecule has 0 radical (unpaired) electrons. The van der Waals surface area contributed by atoms with Crippen molar-refractivity contribution in [2.45, 2.75) is 32.1 Å². The molecule has 1 rings (SSSR count). The first-order valence-corrected chi connectivity index (χ1v) is 9.13. The van der Waals surface area contributed by atoms with Gasteiger partial charge in [0.25, 0.3) is 0 Å². The summed E-state index contributed by atoms with van der Waals surface area (Å²) in [5, 5.41) is 2.97. The Morgan fingerprint density at radius 2 is 1.70 bits per heavy atom. The highest BCUT2D eigenvalue weighted by atomic mass is 32.2. The molecular formula is C16H27N3O3S. The third-order valence-electron chi connectivity index (χ3n) is 3.63. The van der Waals surface area contributed by atoms with Gasteiger partial charge in [-0.1, -0.05) is 17.7 Å². The molecule has 23 heavy (non-hydrogen) atoms. The SMILES string of the molecule is CNCCN(C)C(=O)CCNS(=O)(=O)c1c(C)cc(C)cc1C. The first kappa shape index (κ1) is 19.6. The van der Waals surface area contributed by atoms with Crippen molar-refractivity contribution in [3.63, 3.8) is 0 Å². The fraction of sp³-hybridized carbons (Fsp3) is 0.562. The number of likely N-dealkylation sites (N-methyl/N-ethyl adjacent to an activating group) is 2. The third-order valence-corrected chi connectivity index (χ3v) is 5.39. The highest BCUT2D eigenvalue weighted by molar-refractivity contribution is 7.89. The lowest BCUT2D eigenvalue weighted by atomic mass is 10.1. The second-order valence-corrected chi connectivity index (χ2v) is 7.50. The van der Waals surface area contributed by atoms with Crippen molar-refractivity contribution < 1.29 is 13.2 Å². The Labute approximate surface area is 139 Å². The molecule has 0 aliphatic rings. The zero-order valence-corrected chi connectivity index (χ0v) is 15.4. The monoisotopic (exact) mass is 341 g/mol. The summed E-state index contributed by atoms with van der Waals surface area (Å²) in [5.41, 5.74) is 2.46. The lowest BCUT2D eigenvalue weighted by Gasteiger charge is -2.17. The average Bonchev–Trinajstić information content (AvgIpc) is 2.42. The molecule has 1 aromatic carbocycles. The van der Waals surface area contributed by atoms with Crippen LogP contribution < -0.4 is 10.0 Å². The number of aryl methyl sites for hydroxylation is 3. The molecule has 6 nitrogen and oxygen atoms in total. The van der Waals surface area contributed by atoms with E-state index < -0.39 is 10.0 Å². The van der Waals surface area contributed by atoms with Crippen molar-refractivity contribution in [3.8, 4) is 0 Å². The van der Waals surface area contributed by atoms with Crippen molar-refractivity contribution in [1.82, 2.24) is 14.9 Å². The fourth-order valence-electron chi connectivity index (χ4n) is 2.55. The number of carbonyl (C=O) groups is 1. The second-order valence-electron chi connectivity index (χ2n) is 5.79. The van der Waals surface area contributed by atoms with Crippen LogP contribution in [0.5, 0.6) is 0 Å². The molecule has 0 unspecified atom stereocenters. The minimum atomic E-state index is -3.61. The smallest absolute Gasteiger partial charge is 0.241 e. The highest BCUT2D eigenvalue weighted by Gasteiger charge is 2.20. The van der Waals surface area contributed by atoms with Crippen LogP contribution in [0.3, 0.4) is 0 Å². The number of nitrogens with zero attached hydrogens (tertiary/aromatic N) is 1. The number of rotatable bonds is 8. The first-order valence-electron chi connectivity index (χ1n) is 7.65. The zero-order chi connectivity index (χ0) is 17.6. The van der Waals surface area contributed by atoms with Gasteiger partial charge in [0.05, 0.1) is 4.90 Å². The largest absolute Gasteiger partial charge is 0.344 e. The molecule has 0 heterocycles. The van der Waals surface area contributed by atoms with Crippen LogP contribution in [-0.4, -0.2) is 53.0 Å². The summed E-state index contributed by atoms with van der Waals surface area (Å²) in [6.45, 7) is 6.89. The van der Waals surface area contributed by atoms with Gasteiger partial charge in [-0.05, 0) is 38.9 Å². The molecule has 0 saturated carbocycles. The Bertz CT molecular complexity index is 634. The van der Waals surface area contributed by atoms with E-state index in [1.807, 2.05) is 26.1 Å². The van der Waals surface area contributed by atoms with Crippen LogP contribution in [0.1, 0.15) is 23.1 Å². The number of sulfonamides is 1. The number of benzene rings is 1. The van der Waals surface area contributed by atoms with E-state index in [1.165, 1.54) is 0 Å². The summed E-state index contributed by atoms with van der Waals surface area (Å²) in [4.78, 5) is 13.8. The summed E-state index contributed by atoms with van der Waals surface area (Å²) < 4.78 is 27.5. The van der Waals surface area contributed by atoms with Crippen molar-refractivity contribution in [2.24, 2.45) is 0 Å². The van der Waals surface area contributed by atoms with Gasteiger partial charge < -0.3 is 10.2 Å². The van der Waals surface area contributed by atoms with Crippen LogP contribution in [0.2, 0.25) is 0 Å². The predicted molar refractivity (Wildman–Crippen MR) is 92.0 cm³/mol. The quantitative estimate of drug-likeness (QED) is 0.738. The Morgan fingerprint density at radius 1 is 1.13 bits per heavy atom. The summed E-state index contributed by atoms with van der Waals surface area (Å²) >= 11 is 0. The van der Waals surface area contributed by atoms with Gasteiger partial charge in [-0.3, -0.25) is 4.79 Å². The molecule has 130 valence electrons. The Balaban J connectivity index is 2.69. The standard InChI is InChI=1S/C16H27N3O3S/c1-12-10-13(2)16(14(3)11-12)23(21,22)18-7-6-15(20)19(5)9-8-17-4/h10-11,17-18H,6-9H2,1-5H3. The van der Waals surface area contributed by atoms with E-state index in [2.05, 4.69) is 10.0 Å². The lowest BCUT2D eigenvalue weighted by Crippen LogP contribution is -2.35. The molecule has 0 spiro atoms. The van der Waals surface area contributed by atoms with Gasteiger partial charge in [-0.25, -0.2) is 13.1 Å². The predicted octanol–water partition coefficient (Wildman–Crippen LogP) is 0.958. The molecular weight excluding hydrogens is 314 g/mol. The molecule has 0 aliphatic heterocycles. The molecule has 0 aliphatic carbocycles. The normalized spacial score (nSPS) is 11.5. The molecule has 1 aromatic rings. The Kier molecular flexibility index (Phi) is 7.18. The second kappa shape index (κ2) is 8.42. The van der Waals surface area contributed by atoms with Crippen LogP contribution in [0.25, 0.3) is 0 Å². The van der Waals surface area contributed by atoms with Gasteiger partial charge in [0.1, 0.15) is 0 Å². The third kappa shape index (κ3) is 5.60. The molecule has 0 bridgehead atoms. The van der Waals surface area contributed by atoms with E-state index >= 15 is 0 Å². The van der Waals surface area contributed by atoms with E-state index in [0.717, 1.165) is 5.56 Å². The van der Waals surface area contributed by atoms with Gasteiger partial charge in [-0.2, -0.15) is 0 Å². The first-order chi connectivity index (χ1) is 10.7. The molecule has 2 N–H and O–H groups in total. The summed E-state index contributed by atoms with van der Waals surface area (Å²) in [7, 11) is -0.0809. The molecule has 0 saturated heterocycles. The van der Waals surface area contributed by atoms with Crippen molar-refractivity contribution in [2.75, 3.05) is 33.7 Å². The van der Waals surface area contributed by atoms with E-state index in [0.29, 0.717) is 29.1 Å². The number of hydrogen-bond acceptors (Lipinski definition) is 4. The summed E-state index contributed by atoms with van der Waals surface area (Å²) in [6, 6.07) is 3.69. The van der Waals surface area contributed by atoms with E-state index in [1.54, 1.807) is 25.8 Å². The minimum Gasteiger partial charge on any atom is -0.344 e. The van der Waals surface area contributed by atoms with Gasteiger partial charge >= 0.3 is 0 Å². The van der Waals surface area contributed by atoms with Gasteiger partial charge in [0.2, 0.25) is 15.9 Å². The van der Waals surface area contributed by atoms with Gasteiger partial charge in [0, 0.05) is 33.1 Å². The van der Waals surface area contributed by atoms with Crippen LogP contribution in [0.15, 0.2) is 17.0 Å². The van der Waals surface area contributed by atoms with Gasteiger partial charge in [-0.15, -0.1) is 0 Å². The maximum absolute atomic E-state index is 12.5. The molecule has 1 amide bonds. The van der Waals surface area contributed by atoms with E-state index in [-0.39, 0.29) is 18.9 Å². The number of nitrogens with one attached hydrogen (secondary N) is 2. The highest BCUT2D eigenvalue weighted by Crippen LogP contribution is 2.21. The fourth-order valence-corrected chi connectivity index (χ4v) is 4.03. The van der Waals surface area contributed by atoms with Crippen LogP contribution >= 0.6 is 0 Å². The van der Waals surface area contributed by atoms with E-state index in [9.17, 15) is 13.2 Å². The summed E-state index contributed by atoms with van der Waals surface area (Å²) in [6.07, 6.45) is 0.142.